The summed E-state index contributed by atoms with van der Waals surface area (Å²) in [5.74, 6) is -1.88. The summed E-state index contributed by atoms with van der Waals surface area (Å²) in [4.78, 5) is 11.7. The van der Waals surface area contributed by atoms with Gasteiger partial charge in [-0.25, -0.2) is 8.42 Å². The summed E-state index contributed by atoms with van der Waals surface area (Å²) in [6, 6.07) is 2.09. The van der Waals surface area contributed by atoms with E-state index in [4.69, 9.17) is 10.00 Å². The molecule has 1 saturated carbocycles. The number of carbonyl (C=O) groups is 1. The van der Waals surface area contributed by atoms with Gasteiger partial charge in [-0.15, -0.1) is 0 Å². The van der Waals surface area contributed by atoms with Crippen LogP contribution >= 0.6 is 0 Å². The van der Waals surface area contributed by atoms with Crippen LogP contribution in [0.5, 0.6) is 0 Å². The fraction of sp³-hybridized carbons (Fsp3) is 0.857. The Morgan fingerprint density at radius 2 is 1.85 bits per heavy atom. The molecule has 1 rings (SSSR count). The second kappa shape index (κ2) is 6.57. The molecule has 0 N–H and O–H groups in total. The van der Waals surface area contributed by atoms with Gasteiger partial charge in [0.2, 0.25) is 0 Å². The zero-order chi connectivity index (χ0) is 15.4. The maximum atomic E-state index is 12.4. The van der Waals surface area contributed by atoms with E-state index in [9.17, 15) is 13.2 Å². The van der Waals surface area contributed by atoms with Gasteiger partial charge in [0.1, 0.15) is 11.4 Å². The molecule has 1 aliphatic rings. The van der Waals surface area contributed by atoms with Crippen LogP contribution in [0.15, 0.2) is 0 Å². The average Bonchev–Trinajstić information content (AvgIpc) is 2.50. The van der Waals surface area contributed by atoms with Gasteiger partial charge in [0, 0.05) is 0 Å². The summed E-state index contributed by atoms with van der Waals surface area (Å²) in [5.41, 5.74) is -0.704. The highest BCUT2D eigenvalue weighted by Gasteiger charge is 2.36. The number of hydrogen-bond acceptors (Lipinski definition) is 5. The van der Waals surface area contributed by atoms with Gasteiger partial charge in [0.15, 0.2) is 9.84 Å². The van der Waals surface area contributed by atoms with Crippen molar-refractivity contribution in [2.45, 2.75) is 63.7 Å². The number of carbonyl (C=O) groups excluding carboxylic acids is 1. The highest BCUT2D eigenvalue weighted by atomic mass is 32.2. The number of hydrogen-bond donors (Lipinski definition) is 0. The molecule has 0 aliphatic heterocycles. The van der Waals surface area contributed by atoms with E-state index in [-0.39, 0.29) is 0 Å². The second-order valence-electron chi connectivity index (χ2n) is 6.31. The normalized spacial score (nSPS) is 24.5. The van der Waals surface area contributed by atoms with E-state index < -0.39 is 38.3 Å². The topological polar surface area (TPSA) is 84.2 Å². The molecule has 114 valence electrons. The molecule has 0 aromatic carbocycles. The quantitative estimate of drug-likeness (QED) is 0.589. The lowest BCUT2D eigenvalue weighted by molar-refractivity contribution is -0.151. The Hall–Kier alpha value is -1.09. The molecule has 0 spiro atoms. The molecule has 0 bridgehead atoms. The van der Waals surface area contributed by atoms with Gasteiger partial charge in [-0.05, 0) is 33.6 Å². The molecule has 0 aromatic rings. The van der Waals surface area contributed by atoms with Crippen molar-refractivity contribution in [2.75, 3.05) is 5.75 Å². The smallest absolute Gasteiger partial charge is 0.321 e. The van der Waals surface area contributed by atoms with Crippen molar-refractivity contribution in [1.29, 1.82) is 5.26 Å². The van der Waals surface area contributed by atoms with E-state index >= 15 is 0 Å². The molecule has 0 heterocycles. The van der Waals surface area contributed by atoms with Crippen molar-refractivity contribution in [1.82, 2.24) is 0 Å². The van der Waals surface area contributed by atoms with Gasteiger partial charge >= 0.3 is 5.97 Å². The Balaban J connectivity index is 2.81. The van der Waals surface area contributed by atoms with Gasteiger partial charge in [0.25, 0.3) is 0 Å². The molecule has 0 aromatic heterocycles. The second-order valence-corrected chi connectivity index (χ2v) is 8.53. The van der Waals surface area contributed by atoms with Crippen LogP contribution in [0.3, 0.4) is 0 Å². The largest absolute Gasteiger partial charge is 0.459 e. The van der Waals surface area contributed by atoms with Gasteiger partial charge in [-0.2, -0.15) is 5.26 Å². The Labute approximate surface area is 121 Å². The van der Waals surface area contributed by atoms with Crippen LogP contribution in [0.4, 0.5) is 0 Å². The molecule has 0 saturated heterocycles. The third-order valence-electron chi connectivity index (χ3n) is 3.32. The molecular weight excluding hydrogens is 278 g/mol. The lowest BCUT2D eigenvalue weighted by Crippen LogP contribution is -2.36. The number of esters is 1. The van der Waals surface area contributed by atoms with E-state index in [1.54, 1.807) is 20.8 Å². The van der Waals surface area contributed by atoms with Crippen molar-refractivity contribution in [3.63, 3.8) is 0 Å². The first-order valence-electron chi connectivity index (χ1n) is 6.99. The monoisotopic (exact) mass is 301 g/mol. The predicted octanol–water partition coefficient (Wildman–Crippen LogP) is 2.22. The van der Waals surface area contributed by atoms with Crippen molar-refractivity contribution in [3.05, 3.63) is 0 Å². The molecule has 2 unspecified atom stereocenters. The molecule has 1 aliphatic carbocycles. The molecule has 20 heavy (non-hydrogen) atoms. The van der Waals surface area contributed by atoms with Crippen LogP contribution in [0.2, 0.25) is 0 Å². The summed E-state index contributed by atoms with van der Waals surface area (Å²) < 4.78 is 29.8. The molecule has 2 atom stereocenters. The summed E-state index contributed by atoms with van der Waals surface area (Å²) in [7, 11) is -3.64. The molecule has 5 nitrogen and oxygen atoms in total. The van der Waals surface area contributed by atoms with Crippen LogP contribution in [0, 0.1) is 17.2 Å². The van der Waals surface area contributed by atoms with Crippen LogP contribution in [0.1, 0.15) is 52.9 Å². The standard InChI is InChI=1S/C14H23NO4S/c1-14(2,3)19-13(16)10-20(17,18)12-8-6-4-5-7-11(12)9-15/h11-12H,4-8,10H2,1-3H3. The Morgan fingerprint density at radius 1 is 1.25 bits per heavy atom. The highest BCUT2D eigenvalue weighted by Crippen LogP contribution is 2.28. The van der Waals surface area contributed by atoms with Crippen LogP contribution in [0.25, 0.3) is 0 Å². The van der Waals surface area contributed by atoms with Crippen LogP contribution in [-0.2, 0) is 19.4 Å². The van der Waals surface area contributed by atoms with E-state index in [0.717, 1.165) is 19.3 Å². The van der Waals surface area contributed by atoms with E-state index in [0.29, 0.717) is 12.8 Å². The Morgan fingerprint density at radius 3 is 2.40 bits per heavy atom. The van der Waals surface area contributed by atoms with Crippen molar-refractivity contribution >= 4 is 15.8 Å². The minimum atomic E-state index is -3.64. The Kier molecular flexibility index (Phi) is 5.58. The van der Waals surface area contributed by atoms with E-state index in [1.165, 1.54) is 0 Å². The lowest BCUT2D eigenvalue weighted by Gasteiger charge is -2.22. The number of nitriles is 1. The number of sulfone groups is 1. The van der Waals surface area contributed by atoms with Crippen LogP contribution in [-0.4, -0.2) is 31.0 Å². The molecule has 6 heteroatoms. The zero-order valence-electron chi connectivity index (χ0n) is 12.4. The van der Waals surface area contributed by atoms with E-state index in [1.807, 2.05) is 0 Å². The van der Waals surface area contributed by atoms with E-state index in [2.05, 4.69) is 6.07 Å². The van der Waals surface area contributed by atoms with Gasteiger partial charge < -0.3 is 4.74 Å². The predicted molar refractivity (Wildman–Crippen MR) is 75.6 cm³/mol. The first-order chi connectivity index (χ1) is 9.15. The molecule has 0 radical (unpaired) electrons. The van der Waals surface area contributed by atoms with Crippen molar-refractivity contribution < 1.29 is 17.9 Å². The maximum absolute atomic E-state index is 12.4. The van der Waals surface area contributed by atoms with Gasteiger partial charge in [-0.1, -0.05) is 19.3 Å². The fourth-order valence-electron chi connectivity index (χ4n) is 2.49. The van der Waals surface area contributed by atoms with Gasteiger partial charge in [0.05, 0.1) is 17.2 Å². The molecule has 1 fully saturated rings. The first kappa shape index (κ1) is 17.0. The minimum Gasteiger partial charge on any atom is -0.459 e. The molecule has 0 amide bonds. The number of ether oxygens (including phenoxy) is 1. The third-order valence-corrected chi connectivity index (χ3v) is 5.44. The van der Waals surface area contributed by atoms with Crippen LogP contribution < -0.4 is 0 Å². The summed E-state index contributed by atoms with van der Waals surface area (Å²) in [6.07, 6.45) is 3.65. The number of rotatable bonds is 3. The minimum absolute atomic E-state index is 0.462. The summed E-state index contributed by atoms with van der Waals surface area (Å²) >= 11 is 0. The Bertz CT molecular complexity index is 484. The number of nitrogens with zero attached hydrogens (tertiary/aromatic N) is 1. The SMILES string of the molecule is CC(C)(C)OC(=O)CS(=O)(=O)C1CCCCCC1C#N. The fourth-order valence-corrected chi connectivity index (χ4v) is 4.32. The summed E-state index contributed by atoms with van der Waals surface area (Å²) in [5, 5.41) is 8.41. The lowest BCUT2D eigenvalue weighted by atomic mass is 10.0. The van der Waals surface area contributed by atoms with Crippen molar-refractivity contribution in [2.24, 2.45) is 5.92 Å². The average molecular weight is 301 g/mol. The third kappa shape index (κ3) is 5.12. The first-order valence-corrected chi connectivity index (χ1v) is 8.70. The molecular formula is C14H23NO4S. The highest BCUT2D eigenvalue weighted by molar-refractivity contribution is 7.92. The zero-order valence-corrected chi connectivity index (χ0v) is 13.2. The maximum Gasteiger partial charge on any atom is 0.321 e. The summed E-state index contributed by atoms with van der Waals surface area (Å²) in [6.45, 7) is 5.09. The van der Waals surface area contributed by atoms with Crippen molar-refractivity contribution in [3.8, 4) is 6.07 Å². The van der Waals surface area contributed by atoms with Gasteiger partial charge in [-0.3, -0.25) is 4.79 Å².